The summed E-state index contributed by atoms with van der Waals surface area (Å²) in [5, 5.41) is 7.99. The van der Waals surface area contributed by atoms with Crippen molar-refractivity contribution >= 4 is 52.8 Å². The lowest BCUT2D eigenvalue weighted by atomic mass is 10.2. The molecular formula is C17H14ClN3OS3. The second kappa shape index (κ2) is 8.62. The average Bonchev–Trinajstić information content (AvgIpc) is 3.01. The van der Waals surface area contributed by atoms with E-state index in [1.165, 1.54) is 23.1 Å². The highest BCUT2D eigenvalue weighted by Crippen LogP contribution is 2.24. The molecule has 1 aromatic heterocycles. The third-order valence-electron chi connectivity index (χ3n) is 3.29. The SMILES string of the molecule is O=C(CSc1nn(-c2ccccc2)c(=S)s1)NCc1ccccc1Cl. The smallest absolute Gasteiger partial charge is 0.230 e. The van der Waals surface area contributed by atoms with E-state index in [0.29, 0.717) is 15.5 Å². The zero-order valence-corrected chi connectivity index (χ0v) is 16.2. The van der Waals surface area contributed by atoms with Crippen LogP contribution in [0.3, 0.4) is 0 Å². The first kappa shape index (κ1) is 18.1. The van der Waals surface area contributed by atoms with Gasteiger partial charge in [-0.1, -0.05) is 71.1 Å². The molecule has 0 aliphatic carbocycles. The Morgan fingerprint density at radius 3 is 2.68 bits per heavy atom. The molecule has 0 aliphatic heterocycles. The molecule has 4 nitrogen and oxygen atoms in total. The fraction of sp³-hybridized carbons (Fsp3) is 0.118. The number of halogens is 1. The van der Waals surface area contributed by atoms with Gasteiger partial charge >= 0.3 is 0 Å². The summed E-state index contributed by atoms with van der Waals surface area (Å²) in [5.74, 6) is 0.207. The molecule has 0 bridgehead atoms. The lowest BCUT2D eigenvalue weighted by Gasteiger charge is -2.06. The molecule has 1 heterocycles. The molecule has 0 spiro atoms. The second-order valence-electron chi connectivity index (χ2n) is 5.04. The summed E-state index contributed by atoms with van der Waals surface area (Å²) in [6.07, 6.45) is 0. The van der Waals surface area contributed by atoms with Crippen molar-refractivity contribution in [3.05, 3.63) is 69.1 Å². The fourth-order valence-electron chi connectivity index (χ4n) is 2.07. The number of nitrogens with one attached hydrogen (secondary N) is 1. The molecule has 0 unspecified atom stereocenters. The van der Waals surface area contributed by atoms with Gasteiger partial charge in [0.1, 0.15) is 0 Å². The number of thioether (sulfide) groups is 1. The van der Waals surface area contributed by atoms with Gasteiger partial charge in [-0.05, 0) is 36.0 Å². The number of para-hydroxylation sites is 1. The lowest BCUT2D eigenvalue weighted by molar-refractivity contribution is -0.118. The van der Waals surface area contributed by atoms with E-state index in [-0.39, 0.29) is 11.7 Å². The number of amides is 1. The molecule has 2 aromatic carbocycles. The number of nitrogens with zero attached hydrogens (tertiary/aromatic N) is 2. The minimum Gasteiger partial charge on any atom is -0.351 e. The van der Waals surface area contributed by atoms with Crippen LogP contribution in [0.1, 0.15) is 5.56 Å². The van der Waals surface area contributed by atoms with E-state index in [0.717, 1.165) is 15.6 Å². The Morgan fingerprint density at radius 2 is 1.92 bits per heavy atom. The number of aromatic nitrogens is 2. The Hall–Kier alpha value is -1.67. The highest BCUT2D eigenvalue weighted by atomic mass is 35.5. The molecule has 0 fully saturated rings. The van der Waals surface area contributed by atoms with Crippen LogP contribution >= 0.6 is 46.9 Å². The number of rotatable bonds is 6. The normalized spacial score (nSPS) is 10.6. The summed E-state index contributed by atoms with van der Waals surface area (Å²) in [4.78, 5) is 12.0. The molecular weight excluding hydrogens is 394 g/mol. The van der Waals surface area contributed by atoms with Crippen LogP contribution in [-0.2, 0) is 11.3 Å². The summed E-state index contributed by atoms with van der Waals surface area (Å²) < 4.78 is 3.14. The molecule has 3 rings (SSSR count). The lowest BCUT2D eigenvalue weighted by Crippen LogP contribution is -2.24. The minimum atomic E-state index is -0.0719. The molecule has 128 valence electrons. The van der Waals surface area contributed by atoms with Gasteiger partial charge in [0.15, 0.2) is 8.29 Å². The average molecular weight is 408 g/mol. The van der Waals surface area contributed by atoms with Crippen LogP contribution in [0, 0.1) is 3.95 Å². The first-order valence-electron chi connectivity index (χ1n) is 7.42. The summed E-state index contributed by atoms with van der Waals surface area (Å²) >= 11 is 14.2. The van der Waals surface area contributed by atoms with Crippen LogP contribution in [0.25, 0.3) is 5.69 Å². The largest absolute Gasteiger partial charge is 0.351 e. The highest BCUT2D eigenvalue weighted by molar-refractivity contribution is 8.01. The van der Waals surface area contributed by atoms with Crippen molar-refractivity contribution in [1.29, 1.82) is 0 Å². The van der Waals surface area contributed by atoms with E-state index in [9.17, 15) is 4.79 Å². The van der Waals surface area contributed by atoms with Crippen LogP contribution in [0.15, 0.2) is 58.9 Å². The van der Waals surface area contributed by atoms with Gasteiger partial charge in [0.2, 0.25) is 5.91 Å². The third-order valence-corrected chi connectivity index (χ3v) is 6.02. The summed E-state index contributed by atoms with van der Waals surface area (Å²) in [6.45, 7) is 0.410. The van der Waals surface area contributed by atoms with Crippen LogP contribution in [0.2, 0.25) is 5.02 Å². The Bertz CT molecular complexity index is 924. The summed E-state index contributed by atoms with van der Waals surface area (Å²) in [5.41, 5.74) is 1.81. The van der Waals surface area contributed by atoms with Gasteiger partial charge in [0, 0.05) is 11.6 Å². The van der Waals surface area contributed by atoms with Gasteiger partial charge in [0.05, 0.1) is 11.4 Å². The summed E-state index contributed by atoms with van der Waals surface area (Å²) in [6, 6.07) is 17.2. The molecule has 0 radical (unpaired) electrons. The van der Waals surface area contributed by atoms with Gasteiger partial charge in [-0.25, -0.2) is 4.68 Å². The van der Waals surface area contributed by atoms with Gasteiger partial charge < -0.3 is 5.32 Å². The van der Waals surface area contributed by atoms with Crippen molar-refractivity contribution in [1.82, 2.24) is 15.1 Å². The Balaban J connectivity index is 1.56. The molecule has 0 saturated carbocycles. The van der Waals surface area contributed by atoms with Gasteiger partial charge in [-0.2, -0.15) is 0 Å². The number of carbonyl (C=O) groups excluding carboxylic acids is 1. The minimum absolute atomic E-state index is 0.0719. The summed E-state index contributed by atoms with van der Waals surface area (Å²) in [7, 11) is 0. The maximum atomic E-state index is 12.0. The highest BCUT2D eigenvalue weighted by Gasteiger charge is 2.09. The predicted molar refractivity (Wildman–Crippen MR) is 106 cm³/mol. The van der Waals surface area contributed by atoms with Crippen LogP contribution < -0.4 is 5.32 Å². The monoisotopic (exact) mass is 407 g/mol. The van der Waals surface area contributed by atoms with Crippen molar-refractivity contribution in [2.24, 2.45) is 0 Å². The van der Waals surface area contributed by atoms with Crippen molar-refractivity contribution in [2.75, 3.05) is 5.75 Å². The van der Waals surface area contributed by atoms with Gasteiger partial charge in [0.25, 0.3) is 0 Å². The Morgan fingerprint density at radius 1 is 1.20 bits per heavy atom. The van der Waals surface area contributed by atoms with E-state index in [2.05, 4.69) is 10.4 Å². The van der Waals surface area contributed by atoms with Crippen LogP contribution in [-0.4, -0.2) is 21.4 Å². The number of hydrogen-bond acceptors (Lipinski definition) is 5. The quantitative estimate of drug-likeness (QED) is 0.474. The third kappa shape index (κ3) is 4.92. The van der Waals surface area contributed by atoms with E-state index in [1.807, 2.05) is 48.5 Å². The number of carbonyl (C=O) groups is 1. The van der Waals surface area contributed by atoms with E-state index < -0.39 is 0 Å². The standard InChI is InChI=1S/C17H14ClN3OS3/c18-14-9-5-4-6-12(14)10-19-15(22)11-24-16-20-21(17(23)25-16)13-7-2-1-3-8-13/h1-9H,10-11H2,(H,19,22). The first-order valence-corrected chi connectivity index (χ1v) is 10.0. The number of hydrogen-bond donors (Lipinski definition) is 1. The maximum Gasteiger partial charge on any atom is 0.230 e. The molecule has 1 N–H and O–H groups in total. The van der Waals surface area contributed by atoms with E-state index >= 15 is 0 Å². The second-order valence-corrected chi connectivity index (χ2v) is 8.29. The fourth-order valence-corrected chi connectivity index (χ4v) is 4.46. The van der Waals surface area contributed by atoms with Crippen LogP contribution in [0.5, 0.6) is 0 Å². The first-order chi connectivity index (χ1) is 12.1. The predicted octanol–water partition coefficient (Wildman–Crippen LogP) is 4.73. The van der Waals surface area contributed by atoms with Crippen molar-refractivity contribution < 1.29 is 4.79 Å². The molecule has 0 saturated heterocycles. The van der Waals surface area contributed by atoms with Gasteiger partial charge in [-0.15, -0.1) is 5.10 Å². The van der Waals surface area contributed by atoms with E-state index in [4.69, 9.17) is 23.8 Å². The van der Waals surface area contributed by atoms with E-state index in [1.54, 1.807) is 10.7 Å². The van der Waals surface area contributed by atoms with Crippen molar-refractivity contribution in [3.63, 3.8) is 0 Å². The zero-order chi connectivity index (χ0) is 17.6. The molecule has 25 heavy (non-hydrogen) atoms. The van der Waals surface area contributed by atoms with Crippen molar-refractivity contribution in [3.8, 4) is 5.69 Å². The molecule has 0 atom stereocenters. The maximum absolute atomic E-state index is 12.0. The molecule has 3 aromatic rings. The zero-order valence-electron chi connectivity index (χ0n) is 13.0. The molecule has 0 aliphatic rings. The van der Waals surface area contributed by atoms with Gasteiger partial charge in [-0.3, -0.25) is 4.79 Å². The van der Waals surface area contributed by atoms with Crippen LogP contribution in [0.4, 0.5) is 0 Å². The molecule has 8 heteroatoms. The Labute approximate surface area is 163 Å². The number of benzene rings is 2. The molecule has 1 amide bonds. The topological polar surface area (TPSA) is 46.9 Å². The van der Waals surface area contributed by atoms with Crippen molar-refractivity contribution in [2.45, 2.75) is 10.9 Å². The Kier molecular flexibility index (Phi) is 6.25.